The number of ether oxygens (including phenoxy) is 1. The maximum atomic E-state index is 12.4. The SMILES string of the molecule is CCOC(=O)c1cc(S(=O)(=O)NC(C(=O)O)C(C)C)ccc1C. The second-order valence-electron chi connectivity index (χ2n) is 5.38. The van der Waals surface area contributed by atoms with Gasteiger partial charge in [0.25, 0.3) is 0 Å². The van der Waals surface area contributed by atoms with Crippen LogP contribution in [-0.4, -0.2) is 38.1 Å². The first kappa shape index (κ1) is 19.1. The molecule has 0 aliphatic heterocycles. The van der Waals surface area contributed by atoms with Gasteiger partial charge in [-0.1, -0.05) is 19.9 Å². The molecule has 7 nitrogen and oxygen atoms in total. The molecule has 0 spiro atoms. The highest BCUT2D eigenvalue weighted by Gasteiger charge is 2.28. The van der Waals surface area contributed by atoms with Crippen LogP contribution in [0.3, 0.4) is 0 Å². The summed E-state index contributed by atoms with van der Waals surface area (Å²) < 4.78 is 31.8. The first-order chi connectivity index (χ1) is 10.6. The third-order valence-corrected chi connectivity index (χ3v) is 4.67. The number of aryl methyl sites for hydroxylation is 1. The maximum absolute atomic E-state index is 12.4. The summed E-state index contributed by atoms with van der Waals surface area (Å²) in [5.41, 5.74) is 0.701. The lowest BCUT2D eigenvalue weighted by Gasteiger charge is -2.18. The molecule has 0 aromatic heterocycles. The monoisotopic (exact) mass is 343 g/mol. The number of carboxylic acids is 1. The van der Waals surface area contributed by atoms with E-state index in [9.17, 15) is 18.0 Å². The van der Waals surface area contributed by atoms with Gasteiger partial charge in [-0.15, -0.1) is 0 Å². The van der Waals surface area contributed by atoms with Crippen LogP contribution in [0.4, 0.5) is 0 Å². The molecule has 0 aliphatic carbocycles. The average Bonchev–Trinajstić information content (AvgIpc) is 2.44. The molecule has 0 saturated carbocycles. The Morgan fingerprint density at radius 2 is 1.91 bits per heavy atom. The topological polar surface area (TPSA) is 110 Å². The molecule has 0 heterocycles. The van der Waals surface area contributed by atoms with Gasteiger partial charge in [0.2, 0.25) is 10.0 Å². The third kappa shape index (κ3) is 4.77. The Labute approximate surface area is 135 Å². The maximum Gasteiger partial charge on any atom is 0.338 e. The molecule has 1 unspecified atom stereocenters. The number of carbonyl (C=O) groups excluding carboxylic acids is 1. The highest BCUT2D eigenvalue weighted by atomic mass is 32.2. The number of nitrogens with one attached hydrogen (secondary N) is 1. The molecule has 0 saturated heterocycles. The lowest BCUT2D eigenvalue weighted by Crippen LogP contribution is -2.44. The van der Waals surface area contributed by atoms with Crippen molar-refractivity contribution >= 4 is 22.0 Å². The van der Waals surface area contributed by atoms with Gasteiger partial charge in [0, 0.05) is 0 Å². The van der Waals surface area contributed by atoms with E-state index >= 15 is 0 Å². The average molecular weight is 343 g/mol. The van der Waals surface area contributed by atoms with Crippen LogP contribution in [0.5, 0.6) is 0 Å². The summed E-state index contributed by atoms with van der Waals surface area (Å²) >= 11 is 0. The van der Waals surface area contributed by atoms with Gasteiger partial charge in [-0.3, -0.25) is 4.79 Å². The number of rotatable bonds is 7. The van der Waals surface area contributed by atoms with Crippen molar-refractivity contribution in [2.24, 2.45) is 5.92 Å². The van der Waals surface area contributed by atoms with Crippen LogP contribution in [0.15, 0.2) is 23.1 Å². The molecule has 0 aliphatic rings. The molecule has 1 rings (SSSR count). The van der Waals surface area contributed by atoms with Crippen LogP contribution in [0, 0.1) is 12.8 Å². The summed E-state index contributed by atoms with van der Waals surface area (Å²) in [6.07, 6.45) is 0. The predicted octanol–water partition coefficient (Wildman–Crippen LogP) is 1.56. The van der Waals surface area contributed by atoms with E-state index in [4.69, 9.17) is 9.84 Å². The fourth-order valence-corrected chi connectivity index (χ4v) is 3.27. The minimum atomic E-state index is -4.08. The zero-order valence-corrected chi connectivity index (χ0v) is 14.3. The standard InChI is InChI=1S/C15H21NO6S/c1-5-22-15(19)12-8-11(7-6-10(12)4)23(20,21)16-13(9(2)3)14(17)18/h6-9,13,16H,5H2,1-4H3,(H,17,18). The molecule has 128 valence electrons. The molecule has 2 N–H and O–H groups in total. The zero-order chi connectivity index (χ0) is 17.8. The van der Waals surface area contributed by atoms with Gasteiger partial charge in [0.1, 0.15) is 6.04 Å². The van der Waals surface area contributed by atoms with Crippen LogP contribution in [0.2, 0.25) is 0 Å². The van der Waals surface area contributed by atoms with Crippen LogP contribution < -0.4 is 4.72 Å². The highest BCUT2D eigenvalue weighted by Crippen LogP contribution is 2.18. The van der Waals surface area contributed by atoms with E-state index in [1.165, 1.54) is 18.2 Å². The van der Waals surface area contributed by atoms with Crippen LogP contribution in [0.1, 0.15) is 36.7 Å². The lowest BCUT2D eigenvalue weighted by molar-refractivity contribution is -0.140. The second-order valence-corrected chi connectivity index (χ2v) is 7.09. The highest BCUT2D eigenvalue weighted by molar-refractivity contribution is 7.89. The number of benzene rings is 1. The molecule has 0 amide bonds. The Bertz CT molecular complexity index is 696. The minimum absolute atomic E-state index is 0.131. The first-order valence-electron chi connectivity index (χ1n) is 7.13. The summed E-state index contributed by atoms with van der Waals surface area (Å²) in [6.45, 7) is 6.67. The number of esters is 1. The van der Waals surface area contributed by atoms with Crippen LogP contribution in [-0.2, 0) is 19.6 Å². The van der Waals surface area contributed by atoms with E-state index < -0.39 is 33.9 Å². The van der Waals surface area contributed by atoms with Gasteiger partial charge in [-0.05, 0) is 37.5 Å². The predicted molar refractivity (Wildman–Crippen MR) is 83.7 cm³/mol. The quantitative estimate of drug-likeness (QED) is 0.727. The largest absolute Gasteiger partial charge is 0.480 e. The van der Waals surface area contributed by atoms with Crippen molar-refractivity contribution in [3.8, 4) is 0 Å². The van der Waals surface area contributed by atoms with E-state index in [1.807, 2.05) is 0 Å². The molecule has 0 fully saturated rings. The van der Waals surface area contributed by atoms with Crippen LogP contribution in [0.25, 0.3) is 0 Å². The summed E-state index contributed by atoms with van der Waals surface area (Å²) in [5, 5.41) is 9.11. The van der Waals surface area contributed by atoms with Crippen molar-refractivity contribution < 1.29 is 27.9 Å². The van der Waals surface area contributed by atoms with E-state index in [0.29, 0.717) is 5.56 Å². The first-order valence-corrected chi connectivity index (χ1v) is 8.61. The summed E-state index contributed by atoms with van der Waals surface area (Å²) in [4.78, 5) is 22.8. The van der Waals surface area contributed by atoms with E-state index in [-0.39, 0.29) is 17.1 Å². The summed E-state index contributed by atoms with van der Waals surface area (Å²) in [7, 11) is -4.08. The van der Waals surface area contributed by atoms with Crippen LogP contribution >= 0.6 is 0 Å². The lowest BCUT2D eigenvalue weighted by atomic mass is 10.1. The van der Waals surface area contributed by atoms with Gasteiger partial charge in [-0.25, -0.2) is 13.2 Å². The van der Waals surface area contributed by atoms with Crippen molar-refractivity contribution in [2.75, 3.05) is 6.61 Å². The Hall–Kier alpha value is -1.93. The van der Waals surface area contributed by atoms with E-state index in [1.54, 1.807) is 27.7 Å². The minimum Gasteiger partial charge on any atom is -0.480 e. The molecule has 23 heavy (non-hydrogen) atoms. The number of hydrogen-bond donors (Lipinski definition) is 2. The fraction of sp³-hybridized carbons (Fsp3) is 0.467. The summed E-state index contributed by atoms with van der Waals surface area (Å²) in [6, 6.07) is 2.73. The van der Waals surface area contributed by atoms with Gasteiger partial charge in [0.05, 0.1) is 17.1 Å². The Balaban J connectivity index is 3.21. The van der Waals surface area contributed by atoms with Crippen molar-refractivity contribution in [2.45, 2.75) is 38.6 Å². The Morgan fingerprint density at radius 3 is 2.39 bits per heavy atom. The normalized spacial score (nSPS) is 12.9. The molecule has 1 aromatic carbocycles. The van der Waals surface area contributed by atoms with Crippen molar-refractivity contribution in [3.05, 3.63) is 29.3 Å². The third-order valence-electron chi connectivity index (χ3n) is 3.23. The number of aliphatic carboxylic acids is 1. The van der Waals surface area contributed by atoms with Crippen molar-refractivity contribution in [3.63, 3.8) is 0 Å². The fourth-order valence-electron chi connectivity index (χ4n) is 1.90. The van der Waals surface area contributed by atoms with E-state index in [0.717, 1.165) is 0 Å². The number of sulfonamides is 1. The molecular formula is C15H21NO6S. The molecule has 1 atom stereocenters. The van der Waals surface area contributed by atoms with Gasteiger partial charge >= 0.3 is 11.9 Å². The second kappa shape index (κ2) is 7.56. The molecule has 0 radical (unpaired) electrons. The van der Waals surface area contributed by atoms with Gasteiger partial charge < -0.3 is 9.84 Å². The molecular weight excluding hydrogens is 322 g/mol. The summed E-state index contributed by atoms with van der Waals surface area (Å²) in [5.74, 6) is -2.32. The Morgan fingerprint density at radius 1 is 1.30 bits per heavy atom. The smallest absolute Gasteiger partial charge is 0.338 e. The molecule has 1 aromatic rings. The van der Waals surface area contributed by atoms with Crippen molar-refractivity contribution in [1.82, 2.24) is 4.72 Å². The Kier molecular flexibility index (Phi) is 6.28. The number of carboxylic acid groups (broad SMARTS) is 1. The van der Waals surface area contributed by atoms with Gasteiger partial charge in [-0.2, -0.15) is 4.72 Å². The number of carbonyl (C=O) groups is 2. The number of hydrogen-bond acceptors (Lipinski definition) is 5. The van der Waals surface area contributed by atoms with E-state index in [2.05, 4.69) is 4.72 Å². The molecule has 8 heteroatoms. The molecule has 0 bridgehead atoms. The van der Waals surface area contributed by atoms with Crippen molar-refractivity contribution in [1.29, 1.82) is 0 Å². The van der Waals surface area contributed by atoms with Gasteiger partial charge in [0.15, 0.2) is 0 Å². The zero-order valence-electron chi connectivity index (χ0n) is 13.5.